The van der Waals surface area contributed by atoms with Gasteiger partial charge in [-0.3, -0.25) is 9.59 Å². The molecule has 0 saturated heterocycles. The summed E-state index contributed by atoms with van der Waals surface area (Å²) in [6, 6.07) is -1.43. The summed E-state index contributed by atoms with van der Waals surface area (Å²) in [5.74, 6) is -2.59. The van der Waals surface area contributed by atoms with E-state index in [1.165, 1.54) is 0 Å². The summed E-state index contributed by atoms with van der Waals surface area (Å²) >= 11 is 0. The van der Waals surface area contributed by atoms with Crippen LogP contribution in [-0.4, -0.2) is 39.3 Å². The molecule has 0 aliphatic rings. The Bertz CT molecular complexity index is 503. The van der Waals surface area contributed by atoms with Crippen molar-refractivity contribution in [3.63, 3.8) is 0 Å². The van der Waals surface area contributed by atoms with Gasteiger partial charge in [0.2, 0.25) is 5.91 Å². The van der Waals surface area contributed by atoms with E-state index in [2.05, 4.69) is 10.5 Å². The molecular weight excluding hydrogens is 268 g/mol. The number of aryl methyl sites for hydroxylation is 2. The lowest BCUT2D eigenvalue weighted by atomic mass is 10.1. The molecule has 0 aliphatic heterocycles. The molecule has 0 unspecified atom stereocenters. The number of rotatable bonds is 7. The third-order valence-corrected chi connectivity index (χ3v) is 2.80. The van der Waals surface area contributed by atoms with Crippen molar-refractivity contribution >= 4 is 17.8 Å². The molecule has 0 saturated carbocycles. The van der Waals surface area contributed by atoms with Gasteiger partial charge in [0.25, 0.3) is 0 Å². The number of hydrogen-bond acceptors (Lipinski definition) is 5. The lowest BCUT2D eigenvalue weighted by Gasteiger charge is -2.12. The van der Waals surface area contributed by atoms with Crippen LogP contribution in [-0.2, 0) is 20.8 Å². The quantitative estimate of drug-likeness (QED) is 0.655. The number of nitrogens with zero attached hydrogens (tertiary/aromatic N) is 1. The zero-order valence-corrected chi connectivity index (χ0v) is 11.2. The topological polar surface area (TPSA) is 130 Å². The Morgan fingerprint density at radius 1 is 1.30 bits per heavy atom. The molecule has 3 N–H and O–H groups in total. The van der Waals surface area contributed by atoms with Crippen LogP contribution in [0, 0.1) is 13.8 Å². The average molecular weight is 284 g/mol. The van der Waals surface area contributed by atoms with E-state index in [9.17, 15) is 14.4 Å². The summed E-state index contributed by atoms with van der Waals surface area (Å²) < 4.78 is 4.95. The minimum atomic E-state index is -1.43. The van der Waals surface area contributed by atoms with E-state index in [0.717, 1.165) is 5.56 Å². The minimum absolute atomic E-state index is 0.0340. The van der Waals surface area contributed by atoms with Crippen LogP contribution >= 0.6 is 0 Å². The van der Waals surface area contributed by atoms with Gasteiger partial charge in [0.05, 0.1) is 12.1 Å². The summed E-state index contributed by atoms with van der Waals surface area (Å²) in [4.78, 5) is 32.9. The maximum Gasteiger partial charge on any atom is 0.326 e. The molecule has 1 rings (SSSR count). The van der Waals surface area contributed by atoms with Crippen molar-refractivity contribution < 1.29 is 29.1 Å². The van der Waals surface area contributed by atoms with Gasteiger partial charge >= 0.3 is 11.9 Å². The maximum absolute atomic E-state index is 11.6. The van der Waals surface area contributed by atoms with Crippen LogP contribution in [0.2, 0.25) is 0 Å². The number of aromatic nitrogens is 1. The molecule has 1 heterocycles. The molecule has 0 spiro atoms. The fourth-order valence-corrected chi connectivity index (χ4v) is 1.74. The van der Waals surface area contributed by atoms with Gasteiger partial charge in [-0.2, -0.15) is 0 Å². The Kier molecular flexibility index (Phi) is 5.24. The fourth-order valence-electron chi connectivity index (χ4n) is 1.74. The maximum atomic E-state index is 11.6. The zero-order chi connectivity index (χ0) is 15.3. The van der Waals surface area contributed by atoms with Crippen LogP contribution in [0.1, 0.15) is 29.9 Å². The number of aliphatic carboxylic acids is 2. The number of carbonyl (C=O) groups excluding carboxylic acids is 1. The zero-order valence-electron chi connectivity index (χ0n) is 11.2. The van der Waals surface area contributed by atoms with Crippen molar-refractivity contribution in [3.8, 4) is 0 Å². The molecular formula is C12H16N2O6. The number of carbonyl (C=O) groups is 3. The highest BCUT2D eigenvalue weighted by Crippen LogP contribution is 2.14. The molecule has 0 fully saturated rings. The molecule has 1 aromatic heterocycles. The number of hydrogen-bond donors (Lipinski definition) is 3. The molecule has 8 nitrogen and oxygen atoms in total. The molecule has 0 radical (unpaired) electrons. The Morgan fingerprint density at radius 3 is 2.40 bits per heavy atom. The third-order valence-electron chi connectivity index (χ3n) is 2.80. The van der Waals surface area contributed by atoms with Gasteiger partial charge in [-0.25, -0.2) is 4.79 Å². The average Bonchev–Trinajstić information content (AvgIpc) is 2.65. The molecule has 0 aromatic carbocycles. The Labute approximate surface area is 114 Å². The van der Waals surface area contributed by atoms with E-state index >= 15 is 0 Å². The van der Waals surface area contributed by atoms with Crippen LogP contribution in [0.3, 0.4) is 0 Å². The highest BCUT2D eigenvalue weighted by molar-refractivity contribution is 5.86. The highest BCUT2D eigenvalue weighted by atomic mass is 16.5. The van der Waals surface area contributed by atoms with Gasteiger partial charge in [-0.1, -0.05) is 5.16 Å². The first-order valence-corrected chi connectivity index (χ1v) is 5.97. The Hall–Kier alpha value is -2.38. The van der Waals surface area contributed by atoms with Gasteiger partial charge in [-0.15, -0.1) is 0 Å². The summed E-state index contributed by atoms with van der Waals surface area (Å²) in [7, 11) is 0. The lowest BCUT2D eigenvalue weighted by Crippen LogP contribution is -2.42. The molecule has 1 aromatic rings. The lowest BCUT2D eigenvalue weighted by molar-refractivity contribution is -0.147. The minimum Gasteiger partial charge on any atom is -0.481 e. The predicted molar refractivity (Wildman–Crippen MR) is 66.1 cm³/mol. The molecule has 0 bridgehead atoms. The summed E-state index contributed by atoms with van der Waals surface area (Å²) in [6.07, 6.45) is -0.273. The first-order chi connectivity index (χ1) is 9.31. The first kappa shape index (κ1) is 15.7. The summed E-state index contributed by atoms with van der Waals surface area (Å²) in [6.45, 7) is 3.46. The molecule has 1 atom stereocenters. The predicted octanol–water partition coefficient (Wildman–Crippen LogP) is 0.268. The van der Waals surface area contributed by atoms with E-state index in [1.807, 2.05) is 0 Å². The van der Waals surface area contributed by atoms with Crippen LogP contribution in [0.5, 0.6) is 0 Å². The summed E-state index contributed by atoms with van der Waals surface area (Å²) in [5, 5.41) is 23.3. The van der Waals surface area contributed by atoms with Gasteiger partial charge < -0.3 is 20.1 Å². The van der Waals surface area contributed by atoms with Gasteiger partial charge in [-0.05, 0) is 20.3 Å². The van der Waals surface area contributed by atoms with E-state index in [1.54, 1.807) is 13.8 Å². The molecule has 8 heteroatoms. The molecule has 1 amide bonds. The first-order valence-electron chi connectivity index (χ1n) is 5.97. The van der Waals surface area contributed by atoms with Crippen LogP contribution < -0.4 is 5.32 Å². The van der Waals surface area contributed by atoms with Crippen molar-refractivity contribution in [1.82, 2.24) is 10.5 Å². The summed E-state index contributed by atoms with van der Waals surface area (Å²) in [5.41, 5.74) is 1.47. The Balaban J connectivity index is 2.54. The number of amides is 1. The van der Waals surface area contributed by atoms with E-state index in [0.29, 0.717) is 17.9 Å². The van der Waals surface area contributed by atoms with Crippen LogP contribution in [0.4, 0.5) is 0 Å². The highest BCUT2D eigenvalue weighted by Gasteiger charge is 2.23. The van der Waals surface area contributed by atoms with Gasteiger partial charge in [0.15, 0.2) is 0 Å². The van der Waals surface area contributed by atoms with Crippen molar-refractivity contribution in [2.75, 3.05) is 0 Å². The van der Waals surface area contributed by atoms with Crippen LogP contribution in [0.25, 0.3) is 0 Å². The molecule has 110 valence electrons. The largest absolute Gasteiger partial charge is 0.481 e. The van der Waals surface area contributed by atoms with Crippen molar-refractivity contribution in [2.24, 2.45) is 0 Å². The second kappa shape index (κ2) is 6.69. The normalized spacial score (nSPS) is 11.9. The Morgan fingerprint density at radius 2 is 1.95 bits per heavy atom. The van der Waals surface area contributed by atoms with Crippen molar-refractivity contribution in [2.45, 2.75) is 39.2 Å². The number of carboxylic acid groups (broad SMARTS) is 2. The van der Waals surface area contributed by atoms with E-state index in [4.69, 9.17) is 14.7 Å². The second-order valence-corrected chi connectivity index (χ2v) is 4.36. The molecule has 0 aliphatic carbocycles. The van der Waals surface area contributed by atoms with Crippen molar-refractivity contribution in [1.29, 1.82) is 0 Å². The SMILES string of the molecule is Cc1noc(C)c1CCC(=O)N[C@H](CC(=O)O)C(=O)O. The van der Waals surface area contributed by atoms with Gasteiger partial charge in [0, 0.05) is 12.0 Å². The van der Waals surface area contributed by atoms with Crippen molar-refractivity contribution in [3.05, 3.63) is 17.0 Å². The van der Waals surface area contributed by atoms with Gasteiger partial charge in [0.1, 0.15) is 11.8 Å². The monoisotopic (exact) mass is 284 g/mol. The third kappa shape index (κ3) is 4.38. The van der Waals surface area contributed by atoms with E-state index in [-0.39, 0.29) is 6.42 Å². The fraction of sp³-hybridized carbons (Fsp3) is 0.500. The number of nitrogens with one attached hydrogen (secondary N) is 1. The van der Waals surface area contributed by atoms with E-state index < -0.39 is 30.3 Å². The number of carboxylic acids is 2. The smallest absolute Gasteiger partial charge is 0.326 e. The standard InChI is InChI=1S/C12H16N2O6/c1-6-8(7(2)20-14-6)3-4-10(15)13-9(12(18)19)5-11(16)17/h9H,3-5H2,1-2H3,(H,13,15)(H,16,17)(H,18,19)/t9-/m1/s1. The molecule has 20 heavy (non-hydrogen) atoms. The van der Waals surface area contributed by atoms with Crippen LogP contribution in [0.15, 0.2) is 4.52 Å². The second-order valence-electron chi connectivity index (χ2n) is 4.36.